The fraction of sp³-hybridized carbons (Fsp3) is 0.885. The van der Waals surface area contributed by atoms with Crippen LogP contribution in [0.25, 0.3) is 0 Å². The number of carbonyl (C=O) groups is 2. The van der Waals surface area contributed by atoms with Crippen molar-refractivity contribution in [2.45, 2.75) is 289 Å². The maximum atomic E-state index is 12.0. The molecule has 4 nitrogen and oxygen atoms in total. The lowest BCUT2D eigenvalue weighted by Crippen LogP contribution is -2.05. The van der Waals surface area contributed by atoms with Gasteiger partial charge in [-0.05, 0) is 51.4 Å². The van der Waals surface area contributed by atoms with Crippen LogP contribution in [0.4, 0.5) is 0 Å². The molecule has 0 fully saturated rings. The minimum Gasteiger partial charge on any atom is -0.481 e. The molecule has 0 aromatic carbocycles. The van der Waals surface area contributed by atoms with Crippen molar-refractivity contribution in [3.63, 3.8) is 0 Å². The highest BCUT2D eigenvalue weighted by molar-refractivity contribution is 5.69. The van der Waals surface area contributed by atoms with Gasteiger partial charge in [-0.1, -0.05) is 250 Å². The maximum Gasteiger partial charge on any atom is 0.305 e. The number of carboxylic acids is 1. The van der Waals surface area contributed by atoms with E-state index in [1.165, 1.54) is 231 Å². The van der Waals surface area contributed by atoms with Crippen molar-refractivity contribution in [2.24, 2.45) is 0 Å². The van der Waals surface area contributed by atoms with Gasteiger partial charge in [-0.15, -0.1) is 0 Å². The third kappa shape index (κ3) is 50.4. The average molecular weight is 787 g/mol. The Hall–Kier alpha value is -1.58. The van der Waals surface area contributed by atoms with Gasteiger partial charge in [0.2, 0.25) is 0 Å². The van der Waals surface area contributed by atoms with E-state index >= 15 is 0 Å². The lowest BCUT2D eigenvalue weighted by molar-refractivity contribution is -0.144. The number of carboxylic acid groups (broad SMARTS) is 1. The number of hydrogen-bond acceptors (Lipinski definition) is 3. The largest absolute Gasteiger partial charge is 0.481 e. The molecule has 0 heterocycles. The van der Waals surface area contributed by atoms with Crippen LogP contribution in [0.5, 0.6) is 0 Å². The maximum absolute atomic E-state index is 12.0. The molecule has 330 valence electrons. The number of rotatable bonds is 48. The van der Waals surface area contributed by atoms with Crippen molar-refractivity contribution in [1.82, 2.24) is 0 Å². The van der Waals surface area contributed by atoms with Crippen LogP contribution in [0.3, 0.4) is 0 Å². The Morgan fingerprint density at radius 1 is 0.357 bits per heavy atom. The summed E-state index contributed by atoms with van der Waals surface area (Å²) < 4.78 is 5.47. The predicted molar refractivity (Wildman–Crippen MR) is 246 cm³/mol. The van der Waals surface area contributed by atoms with Crippen LogP contribution in [0.15, 0.2) is 24.3 Å². The van der Waals surface area contributed by atoms with Crippen molar-refractivity contribution >= 4 is 11.9 Å². The van der Waals surface area contributed by atoms with E-state index in [2.05, 4.69) is 31.2 Å². The van der Waals surface area contributed by atoms with Crippen LogP contribution in [0.2, 0.25) is 0 Å². The van der Waals surface area contributed by atoms with E-state index in [9.17, 15) is 9.59 Å². The molecule has 0 radical (unpaired) electrons. The van der Waals surface area contributed by atoms with Crippen LogP contribution >= 0.6 is 0 Å². The van der Waals surface area contributed by atoms with Crippen molar-refractivity contribution in [1.29, 1.82) is 0 Å². The normalized spacial score (nSPS) is 11.7. The molecule has 0 aliphatic rings. The average Bonchev–Trinajstić information content (AvgIpc) is 3.19. The van der Waals surface area contributed by atoms with E-state index in [0.29, 0.717) is 19.4 Å². The van der Waals surface area contributed by atoms with E-state index in [-0.39, 0.29) is 5.97 Å². The Balaban J connectivity index is 3.16. The summed E-state index contributed by atoms with van der Waals surface area (Å²) in [4.78, 5) is 22.5. The lowest BCUT2D eigenvalue weighted by Gasteiger charge is -2.06. The zero-order chi connectivity index (χ0) is 40.5. The van der Waals surface area contributed by atoms with Crippen LogP contribution in [0, 0.1) is 0 Å². The molecular weight excluding hydrogens is 689 g/mol. The lowest BCUT2D eigenvalue weighted by atomic mass is 10.0. The first-order valence-corrected chi connectivity index (χ1v) is 25.3. The van der Waals surface area contributed by atoms with Gasteiger partial charge in [-0.3, -0.25) is 9.59 Å². The summed E-state index contributed by atoms with van der Waals surface area (Å²) in [6.07, 6.45) is 65.4. The highest BCUT2D eigenvalue weighted by Gasteiger charge is 2.03. The first-order valence-electron chi connectivity index (χ1n) is 25.3. The predicted octanol–water partition coefficient (Wildman–Crippen LogP) is 17.9. The van der Waals surface area contributed by atoms with Gasteiger partial charge < -0.3 is 9.84 Å². The summed E-state index contributed by atoms with van der Waals surface area (Å²) in [7, 11) is 0. The van der Waals surface area contributed by atoms with Gasteiger partial charge >= 0.3 is 11.9 Å². The standard InChI is InChI=1S/C52H98O4/c1-2-3-4-5-6-7-8-9-27-31-34-37-40-43-46-49-52(55)56-50-47-44-41-38-35-32-29-26-24-22-20-18-16-14-12-10-11-13-15-17-19-21-23-25-28-30-33-36-39-42-45-48-51(53)54/h6-7,9,27H,2-5,8,10-26,28-50H2,1H3,(H,53,54)/b7-6-,27-9-. The first kappa shape index (κ1) is 54.4. The fourth-order valence-corrected chi connectivity index (χ4v) is 7.84. The summed E-state index contributed by atoms with van der Waals surface area (Å²) in [6, 6.07) is 0. The van der Waals surface area contributed by atoms with Gasteiger partial charge in [0.15, 0.2) is 0 Å². The molecule has 56 heavy (non-hydrogen) atoms. The minimum absolute atomic E-state index is 0.00840. The number of ether oxygens (including phenoxy) is 1. The quantitative estimate of drug-likeness (QED) is 0.0379. The van der Waals surface area contributed by atoms with Crippen LogP contribution in [-0.2, 0) is 14.3 Å². The first-order chi connectivity index (χ1) is 27.7. The molecule has 4 heteroatoms. The number of esters is 1. The molecule has 0 aromatic heterocycles. The molecule has 0 atom stereocenters. The molecule has 0 rings (SSSR count). The van der Waals surface area contributed by atoms with E-state index in [4.69, 9.17) is 9.84 Å². The Kier molecular flexibility index (Phi) is 48.2. The number of allylic oxidation sites excluding steroid dienone is 4. The molecule has 0 aliphatic heterocycles. The minimum atomic E-state index is -0.652. The molecule has 0 bridgehead atoms. The highest BCUT2D eigenvalue weighted by atomic mass is 16.5. The molecule has 0 unspecified atom stereocenters. The fourth-order valence-electron chi connectivity index (χ4n) is 7.84. The SMILES string of the molecule is CCCCC/C=C\C/C=C\CCCCCCCC(=O)OCCCCCCCCCCCCCCCCCCCCCCCCCCCCCCCCCC(=O)O. The molecule has 0 spiro atoms. The second-order valence-corrected chi connectivity index (χ2v) is 17.3. The van der Waals surface area contributed by atoms with Crippen LogP contribution in [0.1, 0.15) is 289 Å². The number of unbranched alkanes of at least 4 members (excludes halogenated alkanes) is 38. The van der Waals surface area contributed by atoms with Gasteiger partial charge in [0.25, 0.3) is 0 Å². The molecule has 0 amide bonds. The van der Waals surface area contributed by atoms with E-state index in [0.717, 1.165) is 38.5 Å². The highest BCUT2D eigenvalue weighted by Crippen LogP contribution is 2.17. The molecule has 0 saturated carbocycles. The topological polar surface area (TPSA) is 63.6 Å². The van der Waals surface area contributed by atoms with Crippen LogP contribution < -0.4 is 0 Å². The monoisotopic (exact) mass is 787 g/mol. The van der Waals surface area contributed by atoms with Gasteiger partial charge in [-0.25, -0.2) is 0 Å². The Bertz CT molecular complexity index is 833. The Morgan fingerprint density at radius 2 is 0.643 bits per heavy atom. The zero-order valence-electron chi connectivity index (χ0n) is 37.8. The molecule has 0 saturated heterocycles. The van der Waals surface area contributed by atoms with E-state index in [1.54, 1.807) is 0 Å². The van der Waals surface area contributed by atoms with Crippen molar-refractivity contribution in [3.8, 4) is 0 Å². The van der Waals surface area contributed by atoms with Gasteiger partial charge in [0.1, 0.15) is 0 Å². The molecular formula is C52H98O4. The Labute approximate surface area is 350 Å². The number of carbonyl (C=O) groups excluding carboxylic acids is 1. The van der Waals surface area contributed by atoms with Gasteiger partial charge in [0, 0.05) is 12.8 Å². The molecule has 1 N–H and O–H groups in total. The Morgan fingerprint density at radius 3 is 0.982 bits per heavy atom. The second-order valence-electron chi connectivity index (χ2n) is 17.3. The van der Waals surface area contributed by atoms with Gasteiger partial charge in [-0.2, -0.15) is 0 Å². The van der Waals surface area contributed by atoms with E-state index in [1.807, 2.05) is 0 Å². The third-order valence-corrected chi connectivity index (χ3v) is 11.6. The summed E-state index contributed by atoms with van der Waals surface area (Å²) in [5.74, 6) is -0.644. The zero-order valence-corrected chi connectivity index (χ0v) is 37.8. The molecule has 0 aromatic rings. The van der Waals surface area contributed by atoms with Crippen molar-refractivity contribution < 1.29 is 19.4 Å². The summed E-state index contributed by atoms with van der Waals surface area (Å²) in [6.45, 7) is 2.87. The number of hydrogen-bond donors (Lipinski definition) is 1. The van der Waals surface area contributed by atoms with E-state index < -0.39 is 5.97 Å². The molecule has 0 aliphatic carbocycles. The smallest absolute Gasteiger partial charge is 0.305 e. The summed E-state index contributed by atoms with van der Waals surface area (Å²) >= 11 is 0. The number of aliphatic carboxylic acids is 1. The summed E-state index contributed by atoms with van der Waals surface area (Å²) in [5.41, 5.74) is 0. The van der Waals surface area contributed by atoms with Crippen LogP contribution in [-0.4, -0.2) is 23.7 Å². The van der Waals surface area contributed by atoms with Crippen molar-refractivity contribution in [2.75, 3.05) is 6.61 Å². The summed E-state index contributed by atoms with van der Waals surface area (Å²) in [5, 5.41) is 8.66. The third-order valence-electron chi connectivity index (χ3n) is 11.6. The second kappa shape index (κ2) is 49.6. The van der Waals surface area contributed by atoms with Gasteiger partial charge in [0.05, 0.1) is 6.61 Å². The van der Waals surface area contributed by atoms with Crippen molar-refractivity contribution in [3.05, 3.63) is 24.3 Å².